The molecule has 0 radical (unpaired) electrons. The summed E-state index contributed by atoms with van der Waals surface area (Å²) in [7, 11) is 1.60. The molecule has 0 N–H and O–H groups in total. The van der Waals surface area contributed by atoms with Crippen LogP contribution in [-0.4, -0.2) is 34.9 Å². The Kier molecular flexibility index (Phi) is 5.74. The topological polar surface area (TPSA) is 72.7 Å². The highest BCUT2D eigenvalue weighted by atomic mass is 16.6. The van der Waals surface area contributed by atoms with E-state index in [1.807, 2.05) is 61.5 Å². The predicted molar refractivity (Wildman–Crippen MR) is 102 cm³/mol. The Balaban J connectivity index is 1.86. The zero-order valence-electron chi connectivity index (χ0n) is 15.6. The minimum Gasteiger partial charge on any atom is -0.497 e. The van der Waals surface area contributed by atoms with Gasteiger partial charge in [-0.25, -0.2) is 0 Å². The Morgan fingerprint density at radius 3 is 2.30 bits per heavy atom. The number of amides is 1. The van der Waals surface area contributed by atoms with Crippen LogP contribution in [0.4, 0.5) is 0 Å². The normalized spacial score (nSPS) is 22.1. The number of methoxy groups -OCH3 is 1. The minimum atomic E-state index is -0.888. The fraction of sp³-hybridized carbons (Fsp3) is 0.381. The lowest BCUT2D eigenvalue weighted by molar-refractivity contribution is -0.531. The summed E-state index contributed by atoms with van der Waals surface area (Å²) in [6.07, 6.45) is 0.944. The van der Waals surface area contributed by atoms with Crippen molar-refractivity contribution >= 4 is 5.91 Å². The van der Waals surface area contributed by atoms with Crippen molar-refractivity contribution in [1.82, 2.24) is 4.90 Å². The van der Waals surface area contributed by atoms with E-state index in [2.05, 4.69) is 0 Å². The molecule has 1 heterocycles. The first kappa shape index (κ1) is 18.9. The smallest absolute Gasteiger partial charge is 0.245 e. The van der Waals surface area contributed by atoms with Gasteiger partial charge in [0.15, 0.2) is 0 Å². The van der Waals surface area contributed by atoms with E-state index >= 15 is 0 Å². The summed E-state index contributed by atoms with van der Waals surface area (Å²) in [5, 5.41) is 11.8. The van der Waals surface area contributed by atoms with Crippen LogP contribution >= 0.6 is 0 Å². The number of ether oxygens (including phenoxy) is 1. The van der Waals surface area contributed by atoms with Gasteiger partial charge in [0.25, 0.3) is 0 Å². The molecular weight excluding hydrogens is 344 g/mol. The van der Waals surface area contributed by atoms with Crippen molar-refractivity contribution in [2.75, 3.05) is 7.11 Å². The lowest BCUT2D eigenvalue weighted by Crippen LogP contribution is -2.39. The number of rotatable bonds is 7. The van der Waals surface area contributed by atoms with Crippen molar-refractivity contribution in [3.8, 4) is 5.75 Å². The van der Waals surface area contributed by atoms with Crippen LogP contribution in [-0.2, 0) is 17.8 Å². The predicted octanol–water partition coefficient (Wildman–Crippen LogP) is 3.32. The molecule has 2 aromatic carbocycles. The van der Waals surface area contributed by atoms with Gasteiger partial charge in [-0.1, -0.05) is 49.4 Å². The number of benzene rings is 2. The lowest BCUT2D eigenvalue weighted by atomic mass is 9.91. The van der Waals surface area contributed by atoms with Crippen LogP contribution in [0.25, 0.3) is 0 Å². The third kappa shape index (κ3) is 3.94. The van der Waals surface area contributed by atoms with Crippen LogP contribution in [0.2, 0.25) is 0 Å². The van der Waals surface area contributed by atoms with E-state index in [9.17, 15) is 14.9 Å². The quantitative estimate of drug-likeness (QED) is 0.555. The van der Waals surface area contributed by atoms with Crippen LogP contribution in [0.3, 0.4) is 0 Å². The molecule has 1 aliphatic heterocycles. The number of carbonyl (C=O) groups excluding carboxylic acids is 1. The van der Waals surface area contributed by atoms with Crippen molar-refractivity contribution in [2.45, 2.75) is 38.4 Å². The first-order valence-electron chi connectivity index (χ1n) is 9.16. The Labute approximate surface area is 158 Å². The SMILES string of the molecule is CC[C@@H]1[C@@H]([N+](=O)[O-])[C@H](Cc2ccccc2)C(=O)N1Cc1ccc(OC)cc1. The number of nitro groups is 1. The van der Waals surface area contributed by atoms with E-state index in [-0.39, 0.29) is 10.8 Å². The average Bonchev–Trinajstić information content (AvgIpc) is 2.95. The maximum atomic E-state index is 13.1. The van der Waals surface area contributed by atoms with E-state index in [1.54, 1.807) is 12.0 Å². The van der Waals surface area contributed by atoms with Crippen molar-refractivity contribution in [3.63, 3.8) is 0 Å². The second-order valence-corrected chi connectivity index (χ2v) is 6.86. The summed E-state index contributed by atoms with van der Waals surface area (Å²) in [5.74, 6) is -0.0301. The molecule has 1 saturated heterocycles. The minimum absolute atomic E-state index is 0.136. The summed E-state index contributed by atoms with van der Waals surface area (Å²) >= 11 is 0. The molecule has 1 aliphatic rings. The summed E-state index contributed by atoms with van der Waals surface area (Å²) in [4.78, 5) is 26.3. The van der Waals surface area contributed by atoms with Crippen LogP contribution in [0.15, 0.2) is 54.6 Å². The van der Waals surface area contributed by atoms with E-state index in [1.165, 1.54) is 0 Å². The maximum absolute atomic E-state index is 13.1. The molecule has 142 valence electrons. The number of hydrogen-bond donors (Lipinski definition) is 0. The second-order valence-electron chi connectivity index (χ2n) is 6.86. The van der Waals surface area contributed by atoms with Crippen molar-refractivity contribution in [3.05, 3.63) is 75.8 Å². The highest BCUT2D eigenvalue weighted by Crippen LogP contribution is 2.33. The van der Waals surface area contributed by atoms with Gasteiger partial charge in [-0.2, -0.15) is 0 Å². The molecule has 1 amide bonds. The molecule has 0 unspecified atom stereocenters. The second kappa shape index (κ2) is 8.20. The number of carbonyl (C=O) groups is 1. The van der Waals surface area contributed by atoms with E-state index in [0.29, 0.717) is 19.4 Å². The van der Waals surface area contributed by atoms with Gasteiger partial charge < -0.3 is 9.64 Å². The fourth-order valence-electron chi connectivity index (χ4n) is 3.92. The van der Waals surface area contributed by atoms with Gasteiger partial charge in [-0.3, -0.25) is 14.9 Å². The summed E-state index contributed by atoms with van der Waals surface area (Å²) in [6, 6.07) is 15.7. The molecule has 6 heteroatoms. The van der Waals surface area contributed by atoms with Crippen LogP contribution in [0, 0.1) is 16.0 Å². The molecule has 6 nitrogen and oxygen atoms in total. The van der Waals surface area contributed by atoms with E-state index < -0.39 is 18.0 Å². The lowest BCUT2D eigenvalue weighted by Gasteiger charge is -2.24. The molecular formula is C21H24N2O4. The van der Waals surface area contributed by atoms with E-state index in [0.717, 1.165) is 16.9 Å². The van der Waals surface area contributed by atoms with Crippen molar-refractivity contribution < 1.29 is 14.5 Å². The molecule has 0 bridgehead atoms. The molecule has 2 aromatic rings. The molecule has 0 spiro atoms. The number of hydrogen-bond acceptors (Lipinski definition) is 4. The zero-order chi connectivity index (χ0) is 19.4. The highest BCUT2D eigenvalue weighted by molar-refractivity contribution is 5.83. The van der Waals surface area contributed by atoms with Crippen LogP contribution in [0.1, 0.15) is 24.5 Å². The highest BCUT2D eigenvalue weighted by Gasteiger charge is 2.54. The molecule has 3 atom stereocenters. The average molecular weight is 368 g/mol. The van der Waals surface area contributed by atoms with Crippen LogP contribution in [0.5, 0.6) is 5.75 Å². The molecule has 0 saturated carbocycles. The molecule has 27 heavy (non-hydrogen) atoms. The van der Waals surface area contributed by atoms with Crippen molar-refractivity contribution in [1.29, 1.82) is 0 Å². The Morgan fingerprint density at radius 1 is 1.07 bits per heavy atom. The number of nitrogens with zero attached hydrogens (tertiary/aromatic N) is 2. The van der Waals surface area contributed by atoms with Crippen molar-refractivity contribution in [2.24, 2.45) is 5.92 Å². The molecule has 0 aliphatic carbocycles. The molecule has 1 fully saturated rings. The Hall–Kier alpha value is -2.89. The van der Waals surface area contributed by atoms with Gasteiger partial charge in [0.1, 0.15) is 11.7 Å². The van der Waals surface area contributed by atoms with Gasteiger partial charge >= 0.3 is 0 Å². The van der Waals surface area contributed by atoms with Gasteiger partial charge in [0.05, 0.1) is 13.2 Å². The first-order chi connectivity index (χ1) is 13.0. The standard InChI is InChI=1S/C21H24N2O4/c1-3-19-20(23(25)26)18(13-15-7-5-4-6-8-15)21(24)22(19)14-16-9-11-17(27-2)12-10-16/h4-12,18-20H,3,13-14H2,1-2H3/t18-,19+,20-/m0/s1. The largest absolute Gasteiger partial charge is 0.497 e. The van der Waals surface area contributed by atoms with Gasteiger partial charge in [-0.15, -0.1) is 0 Å². The third-order valence-electron chi connectivity index (χ3n) is 5.28. The fourth-order valence-corrected chi connectivity index (χ4v) is 3.92. The van der Waals surface area contributed by atoms with E-state index in [4.69, 9.17) is 4.74 Å². The Morgan fingerprint density at radius 2 is 1.74 bits per heavy atom. The van der Waals surface area contributed by atoms with Crippen LogP contribution < -0.4 is 4.74 Å². The zero-order valence-corrected chi connectivity index (χ0v) is 15.6. The maximum Gasteiger partial charge on any atom is 0.245 e. The first-order valence-corrected chi connectivity index (χ1v) is 9.16. The Bertz CT molecular complexity index is 792. The summed E-state index contributed by atoms with van der Waals surface area (Å²) in [6.45, 7) is 2.28. The summed E-state index contributed by atoms with van der Waals surface area (Å²) in [5.41, 5.74) is 1.88. The van der Waals surface area contributed by atoms with Gasteiger partial charge in [-0.05, 0) is 36.1 Å². The third-order valence-corrected chi connectivity index (χ3v) is 5.28. The van der Waals surface area contributed by atoms with Gasteiger partial charge in [0.2, 0.25) is 11.9 Å². The summed E-state index contributed by atoms with van der Waals surface area (Å²) < 4.78 is 5.16. The molecule has 0 aromatic heterocycles. The van der Waals surface area contributed by atoms with Gasteiger partial charge in [0, 0.05) is 11.5 Å². The monoisotopic (exact) mass is 368 g/mol. The molecule has 3 rings (SSSR count). The number of likely N-dealkylation sites (tertiary alicyclic amines) is 1.